The van der Waals surface area contributed by atoms with Gasteiger partial charge in [0.15, 0.2) is 0 Å². The van der Waals surface area contributed by atoms with Crippen LogP contribution in [0.15, 0.2) is 36.8 Å². The molecule has 12 heteroatoms. The zero-order chi connectivity index (χ0) is 27.6. The molecule has 4 atom stereocenters. The number of rotatable bonds is 5. The molecule has 2 N–H and O–H groups in total. The van der Waals surface area contributed by atoms with Gasteiger partial charge in [-0.25, -0.2) is 9.37 Å². The second kappa shape index (κ2) is 11.4. The highest BCUT2D eigenvalue weighted by atomic mass is 19.1. The van der Waals surface area contributed by atoms with E-state index < -0.39 is 12.2 Å². The van der Waals surface area contributed by atoms with Crippen LogP contribution >= 0.6 is 0 Å². The maximum absolute atomic E-state index is 14.2. The predicted molar refractivity (Wildman–Crippen MR) is 151 cm³/mol. The molecule has 0 bridgehead atoms. The number of nitriles is 1. The van der Waals surface area contributed by atoms with Crippen LogP contribution < -0.4 is 20.4 Å². The third-order valence-corrected chi connectivity index (χ3v) is 8.05. The summed E-state index contributed by atoms with van der Waals surface area (Å²) in [5.41, 5.74) is 8.75. The fourth-order valence-corrected chi connectivity index (χ4v) is 5.95. The molecule has 11 nitrogen and oxygen atoms in total. The molecule has 3 saturated heterocycles. The molecule has 5 heterocycles. The van der Waals surface area contributed by atoms with Crippen molar-refractivity contribution in [3.05, 3.63) is 42.4 Å². The quantitative estimate of drug-likeness (QED) is 0.502. The Hall–Kier alpha value is -3.66. The van der Waals surface area contributed by atoms with Gasteiger partial charge in [-0.3, -0.25) is 14.9 Å². The van der Waals surface area contributed by atoms with Crippen LogP contribution in [-0.4, -0.2) is 108 Å². The summed E-state index contributed by atoms with van der Waals surface area (Å²) in [7, 11) is 0. The SMILES string of the molecule is C[C@@H]1CN(c2ccc(C#N)c3nccnc23)C[C@H](CN2CCN(c3ccnc(N4CC[C@H](N)[C@H](F)C4)n3)CC2)O1. The van der Waals surface area contributed by atoms with Crippen molar-refractivity contribution >= 4 is 28.5 Å². The first-order chi connectivity index (χ1) is 19.5. The summed E-state index contributed by atoms with van der Waals surface area (Å²) in [6, 6.07) is 7.55. The minimum atomic E-state index is -1.06. The highest BCUT2D eigenvalue weighted by Gasteiger charge is 2.31. The minimum absolute atomic E-state index is 0.0439. The lowest BCUT2D eigenvalue weighted by molar-refractivity contribution is -0.0327. The van der Waals surface area contributed by atoms with Crippen molar-refractivity contribution < 1.29 is 9.13 Å². The van der Waals surface area contributed by atoms with Crippen molar-refractivity contribution in [3.8, 4) is 6.07 Å². The third-order valence-electron chi connectivity index (χ3n) is 8.05. The summed E-state index contributed by atoms with van der Waals surface area (Å²) < 4.78 is 20.5. The number of hydrogen-bond acceptors (Lipinski definition) is 11. The summed E-state index contributed by atoms with van der Waals surface area (Å²) >= 11 is 0. The number of morpholine rings is 1. The number of nitrogens with two attached hydrogens (primary N) is 1. The Morgan fingerprint density at radius 3 is 2.52 bits per heavy atom. The van der Waals surface area contributed by atoms with Crippen molar-refractivity contribution in [2.45, 2.75) is 37.8 Å². The molecule has 3 aromatic rings. The summed E-state index contributed by atoms with van der Waals surface area (Å²) in [5.74, 6) is 1.44. The Morgan fingerprint density at radius 2 is 1.75 bits per heavy atom. The number of ether oxygens (including phenoxy) is 1. The molecule has 0 saturated carbocycles. The largest absolute Gasteiger partial charge is 0.370 e. The van der Waals surface area contributed by atoms with Crippen LogP contribution in [-0.2, 0) is 4.74 Å². The van der Waals surface area contributed by atoms with Crippen LogP contribution in [0.5, 0.6) is 0 Å². The number of alkyl halides is 1. The maximum atomic E-state index is 14.2. The monoisotopic (exact) mass is 546 g/mol. The van der Waals surface area contributed by atoms with Gasteiger partial charge >= 0.3 is 0 Å². The van der Waals surface area contributed by atoms with Crippen molar-refractivity contribution in [2.24, 2.45) is 5.73 Å². The normalized spacial score (nSPS) is 26.2. The Bertz CT molecular complexity index is 1380. The average Bonchev–Trinajstić information content (AvgIpc) is 2.98. The number of hydrogen-bond donors (Lipinski definition) is 1. The first kappa shape index (κ1) is 26.6. The van der Waals surface area contributed by atoms with Gasteiger partial charge in [0.05, 0.1) is 30.0 Å². The van der Waals surface area contributed by atoms with Gasteiger partial charge in [-0.1, -0.05) is 0 Å². The van der Waals surface area contributed by atoms with E-state index in [9.17, 15) is 9.65 Å². The first-order valence-electron chi connectivity index (χ1n) is 14.0. The number of benzene rings is 1. The fraction of sp³-hybridized carbons (Fsp3) is 0.536. The molecule has 3 aliphatic rings. The average molecular weight is 547 g/mol. The van der Waals surface area contributed by atoms with Gasteiger partial charge < -0.3 is 25.2 Å². The van der Waals surface area contributed by atoms with E-state index >= 15 is 0 Å². The second-order valence-electron chi connectivity index (χ2n) is 10.9. The van der Waals surface area contributed by atoms with Crippen LogP contribution in [0.4, 0.5) is 21.8 Å². The topological polar surface area (TPSA) is 124 Å². The molecule has 0 unspecified atom stereocenters. The predicted octanol–water partition coefficient (Wildman–Crippen LogP) is 1.58. The van der Waals surface area contributed by atoms with E-state index in [1.165, 1.54) is 0 Å². The van der Waals surface area contributed by atoms with Crippen LogP contribution in [0.25, 0.3) is 11.0 Å². The van der Waals surface area contributed by atoms with E-state index in [0.29, 0.717) is 30.0 Å². The van der Waals surface area contributed by atoms with E-state index in [-0.39, 0.29) is 18.8 Å². The summed E-state index contributed by atoms with van der Waals surface area (Å²) in [5, 5.41) is 9.50. The van der Waals surface area contributed by atoms with E-state index in [4.69, 9.17) is 15.5 Å². The fourth-order valence-electron chi connectivity index (χ4n) is 5.95. The number of piperazine rings is 1. The van der Waals surface area contributed by atoms with Gasteiger partial charge in [-0.15, -0.1) is 0 Å². The number of halogens is 1. The smallest absolute Gasteiger partial charge is 0.227 e. The van der Waals surface area contributed by atoms with Gasteiger partial charge in [-0.2, -0.15) is 10.2 Å². The molecule has 2 aromatic heterocycles. The summed E-state index contributed by atoms with van der Waals surface area (Å²) in [4.78, 5) is 27.1. The Labute approximate surface area is 233 Å². The van der Waals surface area contributed by atoms with E-state index in [2.05, 4.69) is 42.6 Å². The van der Waals surface area contributed by atoms with Gasteiger partial charge in [0, 0.05) is 77.0 Å². The van der Waals surface area contributed by atoms with Crippen LogP contribution in [0, 0.1) is 11.3 Å². The molecule has 0 radical (unpaired) electrons. The van der Waals surface area contributed by atoms with E-state index in [1.54, 1.807) is 18.6 Å². The molecule has 0 aliphatic carbocycles. The van der Waals surface area contributed by atoms with E-state index in [0.717, 1.165) is 62.8 Å². The minimum Gasteiger partial charge on any atom is -0.370 e. The summed E-state index contributed by atoms with van der Waals surface area (Å²) in [6.45, 7) is 8.80. The number of aromatic nitrogens is 4. The zero-order valence-corrected chi connectivity index (χ0v) is 22.7. The molecule has 210 valence electrons. The molecule has 3 fully saturated rings. The number of fused-ring (bicyclic) bond motifs is 1. The second-order valence-corrected chi connectivity index (χ2v) is 10.9. The lowest BCUT2D eigenvalue weighted by Gasteiger charge is -2.42. The summed E-state index contributed by atoms with van der Waals surface area (Å²) in [6.07, 6.45) is 4.71. The molecule has 3 aliphatic heterocycles. The molecule has 0 amide bonds. The molecule has 6 rings (SSSR count). The Balaban J connectivity index is 1.08. The number of anilines is 3. The molecule has 0 spiro atoms. The van der Waals surface area contributed by atoms with Gasteiger partial charge in [0.25, 0.3) is 0 Å². The lowest BCUT2D eigenvalue weighted by Crippen LogP contribution is -2.54. The van der Waals surface area contributed by atoms with Gasteiger partial charge in [0.2, 0.25) is 5.95 Å². The lowest BCUT2D eigenvalue weighted by atomic mass is 10.0. The third kappa shape index (κ3) is 5.50. The molecular formula is C28H35FN10O. The zero-order valence-electron chi connectivity index (χ0n) is 22.7. The highest BCUT2D eigenvalue weighted by molar-refractivity contribution is 5.92. The molecule has 40 heavy (non-hydrogen) atoms. The van der Waals surface area contributed by atoms with Crippen molar-refractivity contribution in [1.29, 1.82) is 5.26 Å². The van der Waals surface area contributed by atoms with Gasteiger partial charge in [-0.05, 0) is 31.5 Å². The van der Waals surface area contributed by atoms with Gasteiger partial charge in [0.1, 0.15) is 29.1 Å². The first-order valence-corrected chi connectivity index (χ1v) is 14.0. The van der Waals surface area contributed by atoms with Crippen molar-refractivity contribution in [1.82, 2.24) is 24.8 Å². The number of piperidine rings is 1. The number of nitrogens with zero attached hydrogens (tertiary/aromatic N) is 9. The molecule has 1 aromatic carbocycles. The maximum Gasteiger partial charge on any atom is 0.227 e. The van der Waals surface area contributed by atoms with Crippen molar-refractivity contribution in [2.75, 3.05) is 73.6 Å². The van der Waals surface area contributed by atoms with E-state index in [1.807, 2.05) is 23.1 Å². The molecular weight excluding hydrogens is 511 g/mol. The van der Waals surface area contributed by atoms with Crippen LogP contribution in [0.3, 0.4) is 0 Å². The highest BCUT2D eigenvalue weighted by Crippen LogP contribution is 2.29. The Morgan fingerprint density at radius 1 is 0.950 bits per heavy atom. The Kier molecular flexibility index (Phi) is 7.60. The standard InChI is InChI=1S/C28H35FN10O/c1-19-15-39(24-3-2-20(14-30)26-27(24)33-8-7-32-26)17-21(40-19)16-36-10-12-37(13-11-36)25-4-6-34-28(35-25)38-9-5-23(31)22(29)18-38/h2-4,6-8,19,21-23H,5,9-13,15-18,31H2,1H3/t19-,21+,22-,23+/m1/s1. The van der Waals surface area contributed by atoms with Crippen LogP contribution in [0.2, 0.25) is 0 Å². The van der Waals surface area contributed by atoms with Crippen molar-refractivity contribution in [3.63, 3.8) is 0 Å². The van der Waals surface area contributed by atoms with Crippen LogP contribution in [0.1, 0.15) is 18.9 Å².